The Morgan fingerprint density at radius 1 is 1.26 bits per heavy atom. The molecule has 0 spiro atoms. The zero-order valence-corrected chi connectivity index (χ0v) is 12.6. The van der Waals surface area contributed by atoms with Gasteiger partial charge in [0.15, 0.2) is 5.78 Å². The highest BCUT2D eigenvalue weighted by molar-refractivity contribution is 7.85. The molecule has 1 aliphatic carbocycles. The van der Waals surface area contributed by atoms with Crippen molar-refractivity contribution in [3.8, 4) is 0 Å². The van der Waals surface area contributed by atoms with Gasteiger partial charge in [-0.3, -0.25) is 9.00 Å². The SMILES string of the molecule is Cc1ccc(C)c(C(=O)CS(=O)CC2CCCC2)c1. The van der Waals surface area contributed by atoms with E-state index >= 15 is 0 Å². The highest BCUT2D eigenvalue weighted by Crippen LogP contribution is 2.25. The van der Waals surface area contributed by atoms with E-state index in [1.807, 2.05) is 32.0 Å². The average molecular weight is 278 g/mol. The van der Waals surface area contributed by atoms with Crippen molar-refractivity contribution >= 4 is 16.6 Å². The predicted octanol–water partition coefficient (Wildman–Crippen LogP) is 3.43. The van der Waals surface area contributed by atoms with Crippen LogP contribution in [-0.2, 0) is 10.8 Å². The number of hydrogen-bond donors (Lipinski definition) is 0. The molecule has 0 aliphatic heterocycles. The van der Waals surface area contributed by atoms with E-state index in [2.05, 4.69) is 0 Å². The summed E-state index contributed by atoms with van der Waals surface area (Å²) in [5.74, 6) is 1.49. The van der Waals surface area contributed by atoms with Gasteiger partial charge in [0.2, 0.25) is 0 Å². The molecule has 0 amide bonds. The van der Waals surface area contributed by atoms with E-state index in [1.54, 1.807) is 0 Å². The maximum absolute atomic E-state index is 12.2. The Labute approximate surface area is 118 Å². The first-order valence-electron chi connectivity index (χ1n) is 7.01. The topological polar surface area (TPSA) is 34.1 Å². The molecule has 1 aromatic carbocycles. The number of aryl methyl sites for hydroxylation is 2. The first-order chi connectivity index (χ1) is 9.06. The number of carbonyl (C=O) groups excluding carboxylic acids is 1. The third-order valence-corrected chi connectivity index (χ3v) is 5.31. The largest absolute Gasteiger partial charge is 0.293 e. The van der Waals surface area contributed by atoms with E-state index in [-0.39, 0.29) is 11.5 Å². The van der Waals surface area contributed by atoms with Gasteiger partial charge in [-0.1, -0.05) is 30.5 Å². The van der Waals surface area contributed by atoms with Crippen LogP contribution >= 0.6 is 0 Å². The van der Waals surface area contributed by atoms with E-state index < -0.39 is 10.8 Å². The van der Waals surface area contributed by atoms with Gasteiger partial charge in [-0.15, -0.1) is 0 Å². The van der Waals surface area contributed by atoms with Crippen LogP contribution in [0.15, 0.2) is 18.2 Å². The Hall–Kier alpha value is -0.960. The van der Waals surface area contributed by atoms with E-state index in [1.165, 1.54) is 25.7 Å². The molecule has 19 heavy (non-hydrogen) atoms. The van der Waals surface area contributed by atoms with Gasteiger partial charge in [-0.2, -0.15) is 0 Å². The first kappa shape index (κ1) is 14.4. The van der Waals surface area contributed by atoms with Crippen molar-refractivity contribution in [2.24, 2.45) is 5.92 Å². The van der Waals surface area contributed by atoms with Gasteiger partial charge in [0.25, 0.3) is 0 Å². The van der Waals surface area contributed by atoms with Crippen LogP contribution in [0.4, 0.5) is 0 Å². The lowest BCUT2D eigenvalue weighted by atomic mass is 10.0. The van der Waals surface area contributed by atoms with Crippen molar-refractivity contribution in [2.75, 3.05) is 11.5 Å². The Morgan fingerprint density at radius 2 is 1.95 bits per heavy atom. The summed E-state index contributed by atoms with van der Waals surface area (Å²) in [4.78, 5) is 12.2. The number of Topliss-reactive ketones (excluding diaryl/α,β-unsaturated/α-hetero) is 1. The molecule has 1 atom stereocenters. The molecule has 1 saturated carbocycles. The minimum Gasteiger partial charge on any atom is -0.293 e. The maximum Gasteiger partial charge on any atom is 0.175 e. The molecule has 1 aliphatic rings. The summed E-state index contributed by atoms with van der Waals surface area (Å²) >= 11 is 0. The molecule has 1 unspecified atom stereocenters. The van der Waals surface area contributed by atoms with Crippen LogP contribution in [0.1, 0.15) is 47.2 Å². The summed E-state index contributed by atoms with van der Waals surface area (Å²) in [6.07, 6.45) is 4.88. The summed E-state index contributed by atoms with van der Waals surface area (Å²) < 4.78 is 12.1. The molecule has 1 fully saturated rings. The lowest BCUT2D eigenvalue weighted by molar-refractivity contribution is 0.102. The zero-order valence-electron chi connectivity index (χ0n) is 11.8. The normalized spacial score (nSPS) is 17.6. The fraction of sp³-hybridized carbons (Fsp3) is 0.562. The smallest absolute Gasteiger partial charge is 0.175 e. The highest BCUT2D eigenvalue weighted by atomic mass is 32.2. The second kappa shape index (κ2) is 6.47. The van der Waals surface area contributed by atoms with Crippen LogP contribution in [0.3, 0.4) is 0 Å². The third kappa shape index (κ3) is 4.00. The molecule has 2 nitrogen and oxygen atoms in total. The zero-order chi connectivity index (χ0) is 13.8. The fourth-order valence-electron chi connectivity index (χ4n) is 2.76. The molecule has 3 heteroatoms. The summed E-state index contributed by atoms with van der Waals surface area (Å²) in [6, 6.07) is 5.87. The van der Waals surface area contributed by atoms with Crippen LogP contribution in [0, 0.1) is 19.8 Å². The minimum absolute atomic E-state index is 0.0255. The van der Waals surface area contributed by atoms with Crippen LogP contribution in [0.2, 0.25) is 0 Å². The van der Waals surface area contributed by atoms with E-state index in [9.17, 15) is 9.00 Å². The van der Waals surface area contributed by atoms with Gasteiger partial charge in [-0.25, -0.2) is 0 Å². The molecule has 2 rings (SSSR count). The van der Waals surface area contributed by atoms with Gasteiger partial charge < -0.3 is 0 Å². The second-order valence-electron chi connectivity index (χ2n) is 5.64. The summed E-state index contributed by atoms with van der Waals surface area (Å²) in [7, 11) is -1.00. The van der Waals surface area contributed by atoms with Crippen molar-refractivity contribution in [3.05, 3.63) is 34.9 Å². The molecule has 1 aromatic rings. The lowest BCUT2D eigenvalue weighted by Gasteiger charge is -2.09. The van der Waals surface area contributed by atoms with Crippen molar-refractivity contribution in [2.45, 2.75) is 39.5 Å². The molecule has 0 aromatic heterocycles. The van der Waals surface area contributed by atoms with Gasteiger partial charge >= 0.3 is 0 Å². The van der Waals surface area contributed by atoms with Gasteiger partial charge in [0.1, 0.15) is 0 Å². The summed E-state index contributed by atoms with van der Waals surface area (Å²) in [5.41, 5.74) is 2.80. The minimum atomic E-state index is -1.00. The maximum atomic E-state index is 12.2. The Morgan fingerprint density at radius 3 is 2.63 bits per heavy atom. The van der Waals surface area contributed by atoms with Crippen LogP contribution in [0.5, 0.6) is 0 Å². The molecular formula is C16H22O2S. The number of hydrogen-bond acceptors (Lipinski definition) is 2. The molecular weight excluding hydrogens is 256 g/mol. The van der Waals surface area contributed by atoms with Crippen molar-refractivity contribution in [1.29, 1.82) is 0 Å². The molecule has 104 valence electrons. The molecule has 0 radical (unpaired) electrons. The van der Waals surface area contributed by atoms with Crippen molar-refractivity contribution < 1.29 is 9.00 Å². The number of benzene rings is 1. The van der Waals surface area contributed by atoms with Crippen LogP contribution < -0.4 is 0 Å². The van der Waals surface area contributed by atoms with E-state index in [0.717, 1.165) is 16.7 Å². The summed E-state index contributed by atoms with van der Waals surface area (Å²) in [6.45, 7) is 3.91. The Kier molecular flexibility index (Phi) is 4.92. The lowest BCUT2D eigenvalue weighted by Crippen LogP contribution is -2.17. The quantitative estimate of drug-likeness (QED) is 0.773. The monoisotopic (exact) mass is 278 g/mol. The van der Waals surface area contributed by atoms with Gasteiger partial charge in [0, 0.05) is 22.1 Å². The second-order valence-corrected chi connectivity index (χ2v) is 7.14. The van der Waals surface area contributed by atoms with Gasteiger partial charge in [-0.05, 0) is 44.2 Å². The first-order valence-corrected chi connectivity index (χ1v) is 8.50. The van der Waals surface area contributed by atoms with Crippen molar-refractivity contribution in [1.82, 2.24) is 0 Å². The fourth-order valence-corrected chi connectivity index (χ4v) is 4.18. The standard InChI is InChI=1S/C16H22O2S/c1-12-7-8-13(2)15(9-12)16(17)11-19(18)10-14-5-3-4-6-14/h7-9,14H,3-6,10-11H2,1-2H3. The average Bonchev–Trinajstić information content (AvgIpc) is 2.84. The number of ketones is 1. The van der Waals surface area contributed by atoms with Crippen LogP contribution in [0.25, 0.3) is 0 Å². The van der Waals surface area contributed by atoms with Crippen LogP contribution in [-0.4, -0.2) is 21.5 Å². The molecule has 0 saturated heterocycles. The Bertz CT molecular complexity index is 488. The number of carbonyl (C=O) groups is 1. The number of rotatable bonds is 5. The van der Waals surface area contributed by atoms with E-state index in [0.29, 0.717) is 11.7 Å². The highest BCUT2D eigenvalue weighted by Gasteiger charge is 2.20. The predicted molar refractivity (Wildman–Crippen MR) is 80.1 cm³/mol. The molecule has 0 heterocycles. The Balaban J connectivity index is 1.96. The van der Waals surface area contributed by atoms with Gasteiger partial charge in [0.05, 0.1) is 5.75 Å². The third-order valence-electron chi connectivity index (χ3n) is 3.88. The summed E-state index contributed by atoms with van der Waals surface area (Å²) in [5, 5.41) is 0. The van der Waals surface area contributed by atoms with E-state index in [4.69, 9.17) is 0 Å². The molecule has 0 bridgehead atoms. The van der Waals surface area contributed by atoms with Crippen molar-refractivity contribution in [3.63, 3.8) is 0 Å². The molecule has 0 N–H and O–H groups in total.